The molecule has 2 atom stereocenters. The Balaban J connectivity index is 2.12. The number of carbonyl (C=O) groups is 2. The van der Waals surface area contributed by atoms with E-state index in [0.717, 1.165) is 32.1 Å². The van der Waals surface area contributed by atoms with Crippen molar-refractivity contribution in [1.29, 1.82) is 0 Å². The van der Waals surface area contributed by atoms with Gasteiger partial charge >= 0.3 is 0 Å². The van der Waals surface area contributed by atoms with E-state index in [1.165, 1.54) is 0 Å². The number of rotatable bonds is 8. The first-order chi connectivity index (χ1) is 13.4. The number of anilines is 1. The zero-order valence-corrected chi connectivity index (χ0v) is 17.7. The van der Waals surface area contributed by atoms with Crippen LogP contribution in [0.2, 0.25) is 0 Å². The largest absolute Gasteiger partial charge is 0.497 e. The summed E-state index contributed by atoms with van der Waals surface area (Å²) in [5.74, 6) is 1.62. The van der Waals surface area contributed by atoms with E-state index in [1.807, 2.05) is 13.8 Å². The summed E-state index contributed by atoms with van der Waals surface area (Å²) in [4.78, 5) is 25.8. The van der Waals surface area contributed by atoms with Gasteiger partial charge in [-0.25, -0.2) is 0 Å². The SMILES string of the molecule is CC[C@@H](C)[C@H](NC(=O)C1CCC(C)CC1)C(=O)Nc1cc(OC)ccc1OC. The second-order valence-corrected chi connectivity index (χ2v) is 7.88. The third-order valence-corrected chi connectivity index (χ3v) is 5.84. The van der Waals surface area contributed by atoms with Gasteiger partial charge in [-0.15, -0.1) is 0 Å². The second-order valence-electron chi connectivity index (χ2n) is 7.88. The molecule has 0 saturated heterocycles. The van der Waals surface area contributed by atoms with Gasteiger partial charge in [-0.05, 0) is 49.7 Å². The van der Waals surface area contributed by atoms with Crippen LogP contribution in [0.25, 0.3) is 0 Å². The molecule has 0 radical (unpaired) electrons. The predicted molar refractivity (Wildman–Crippen MR) is 111 cm³/mol. The highest BCUT2D eigenvalue weighted by Gasteiger charge is 2.31. The Morgan fingerprint density at radius 2 is 1.82 bits per heavy atom. The van der Waals surface area contributed by atoms with Crippen molar-refractivity contribution in [3.8, 4) is 11.5 Å². The number of benzene rings is 1. The van der Waals surface area contributed by atoms with Crippen LogP contribution in [0.5, 0.6) is 11.5 Å². The standard InChI is InChI=1S/C22H34N2O4/c1-6-15(3)20(24-21(25)16-9-7-14(2)8-10-16)22(26)23-18-13-17(27-4)11-12-19(18)28-5/h11-16,20H,6-10H2,1-5H3,(H,23,26)(H,24,25)/t14?,15-,16?,20+/m1/s1. The van der Waals surface area contributed by atoms with Crippen molar-refractivity contribution in [3.63, 3.8) is 0 Å². The zero-order chi connectivity index (χ0) is 20.7. The molecule has 0 spiro atoms. The summed E-state index contributed by atoms with van der Waals surface area (Å²) in [6.45, 7) is 6.23. The average molecular weight is 391 g/mol. The fraction of sp³-hybridized carbons (Fsp3) is 0.636. The van der Waals surface area contributed by atoms with Gasteiger partial charge in [0.25, 0.3) is 0 Å². The van der Waals surface area contributed by atoms with E-state index in [2.05, 4.69) is 17.6 Å². The Kier molecular flexibility index (Phi) is 8.15. The monoisotopic (exact) mass is 390 g/mol. The van der Waals surface area contributed by atoms with Crippen LogP contribution in [0, 0.1) is 17.8 Å². The van der Waals surface area contributed by atoms with Crippen LogP contribution < -0.4 is 20.1 Å². The van der Waals surface area contributed by atoms with Gasteiger partial charge < -0.3 is 20.1 Å². The normalized spacial score (nSPS) is 21.3. The molecular formula is C22H34N2O4. The number of amides is 2. The van der Waals surface area contributed by atoms with E-state index in [4.69, 9.17) is 9.47 Å². The summed E-state index contributed by atoms with van der Waals surface area (Å²) in [6.07, 6.45) is 4.71. The van der Waals surface area contributed by atoms with Crippen molar-refractivity contribution < 1.29 is 19.1 Å². The van der Waals surface area contributed by atoms with E-state index in [9.17, 15) is 9.59 Å². The summed E-state index contributed by atoms with van der Waals surface area (Å²) in [6, 6.07) is 4.64. The maximum atomic E-state index is 13.0. The minimum atomic E-state index is -0.590. The van der Waals surface area contributed by atoms with Crippen molar-refractivity contribution >= 4 is 17.5 Å². The van der Waals surface area contributed by atoms with Gasteiger partial charge in [0.2, 0.25) is 11.8 Å². The van der Waals surface area contributed by atoms with E-state index in [0.29, 0.717) is 23.1 Å². The molecule has 2 rings (SSSR count). The minimum Gasteiger partial charge on any atom is -0.497 e. The van der Waals surface area contributed by atoms with E-state index >= 15 is 0 Å². The van der Waals surface area contributed by atoms with Crippen LogP contribution in [-0.4, -0.2) is 32.1 Å². The van der Waals surface area contributed by atoms with Gasteiger partial charge in [-0.1, -0.05) is 27.2 Å². The molecule has 0 bridgehead atoms. The summed E-state index contributed by atoms with van der Waals surface area (Å²) >= 11 is 0. The van der Waals surface area contributed by atoms with Crippen molar-refractivity contribution in [2.45, 2.75) is 58.9 Å². The summed E-state index contributed by atoms with van der Waals surface area (Å²) in [5.41, 5.74) is 0.529. The Hall–Kier alpha value is -2.24. The highest BCUT2D eigenvalue weighted by atomic mass is 16.5. The third-order valence-electron chi connectivity index (χ3n) is 5.84. The number of methoxy groups -OCH3 is 2. The van der Waals surface area contributed by atoms with Gasteiger partial charge in [0.1, 0.15) is 17.5 Å². The number of hydrogen-bond donors (Lipinski definition) is 2. The molecule has 1 aromatic rings. The fourth-order valence-electron chi connectivity index (χ4n) is 3.62. The lowest BCUT2D eigenvalue weighted by atomic mass is 9.82. The molecule has 0 heterocycles. The molecule has 1 fully saturated rings. The third kappa shape index (κ3) is 5.63. The summed E-state index contributed by atoms with van der Waals surface area (Å²) in [5, 5.41) is 5.92. The molecule has 156 valence electrons. The molecule has 0 aliphatic heterocycles. The highest BCUT2D eigenvalue weighted by Crippen LogP contribution is 2.30. The minimum absolute atomic E-state index is 0.00177. The molecule has 2 amide bonds. The molecule has 1 aromatic carbocycles. The van der Waals surface area contributed by atoms with Gasteiger partial charge in [-0.3, -0.25) is 9.59 Å². The molecule has 6 nitrogen and oxygen atoms in total. The van der Waals surface area contributed by atoms with Crippen molar-refractivity contribution in [2.24, 2.45) is 17.8 Å². The maximum absolute atomic E-state index is 13.0. The van der Waals surface area contributed by atoms with Crippen LogP contribution in [0.3, 0.4) is 0 Å². The number of carbonyl (C=O) groups excluding carboxylic acids is 2. The predicted octanol–water partition coefficient (Wildman–Crippen LogP) is 4.00. The number of hydrogen-bond acceptors (Lipinski definition) is 4. The molecule has 0 aromatic heterocycles. The maximum Gasteiger partial charge on any atom is 0.247 e. The van der Waals surface area contributed by atoms with Crippen molar-refractivity contribution in [2.75, 3.05) is 19.5 Å². The van der Waals surface area contributed by atoms with Gasteiger partial charge in [0, 0.05) is 12.0 Å². The van der Waals surface area contributed by atoms with Crippen LogP contribution >= 0.6 is 0 Å². The second kappa shape index (κ2) is 10.3. The van der Waals surface area contributed by atoms with Gasteiger partial charge in [0.05, 0.1) is 19.9 Å². The van der Waals surface area contributed by atoms with Crippen LogP contribution in [0.1, 0.15) is 52.9 Å². The fourth-order valence-corrected chi connectivity index (χ4v) is 3.62. The van der Waals surface area contributed by atoms with E-state index < -0.39 is 6.04 Å². The lowest BCUT2D eigenvalue weighted by molar-refractivity contribution is -0.131. The molecule has 1 saturated carbocycles. The first-order valence-corrected chi connectivity index (χ1v) is 10.2. The molecule has 2 N–H and O–H groups in total. The van der Waals surface area contributed by atoms with Crippen LogP contribution in [-0.2, 0) is 9.59 Å². The van der Waals surface area contributed by atoms with Crippen LogP contribution in [0.15, 0.2) is 18.2 Å². The zero-order valence-electron chi connectivity index (χ0n) is 17.7. The summed E-state index contributed by atoms with van der Waals surface area (Å²) < 4.78 is 10.6. The van der Waals surface area contributed by atoms with E-state index in [-0.39, 0.29) is 23.7 Å². The van der Waals surface area contributed by atoms with Crippen molar-refractivity contribution in [3.05, 3.63) is 18.2 Å². The molecule has 0 unspecified atom stereocenters. The van der Waals surface area contributed by atoms with Crippen LogP contribution in [0.4, 0.5) is 5.69 Å². The summed E-state index contributed by atoms with van der Waals surface area (Å²) in [7, 11) is 3.12. The molecule has 1 aliphatic carbocycles. The molecular weight excluding hydrogens is 356 g/mol. The molecule has 1 aliphatic rings. The van der Waals surface area contributed by atoms with Gasteiger partial charge in [-0.2, -0.15) is 0 Å². The van der Waals surface area contributed by atoms with Gasteiger partial charge in [0.15, 0.2) is 0 Å². The smallest absolute Gasteiger partial charge is 0.247 e. The molecule has 6 heteroatoms. The lowest BCUT2D eigenvalue weighted by Gasteiger charge is -2.29. The molecule has 28 heavy (non-hydrogen) atoms. The van der Waals surface area contributed by atoms with Crippen molar-refractivity contribution in [1.82, 2.24) is 5.32 Å². The Labute approximate surface area is 168 Å². The average Bonchev–Trinajstić information content (AvgIpc) is 2.71. The number of nitrogens with one attached hydrogen (secondary N) is 2. The first-order valence-electron chi connectivity index (χ1n) is 10.2. The topological polar surface area (TPSA) is 76.7 Å². The first kappa shape index (κ1) is 22.1. The Morgan fingerprint density at radius 3 is 2.39 bits per heavy atom. The highest BCUT2D eigenvalue weighted by molar-refractivity contribution is 5.98. The lowest BCUT2D eigenvalue weighted by Crippen LogP contribution is -2.49. The number of ether oxygens (including phenoxy) is 2. The van der Waals surface area contributed by atoms with E-state index in [1.54, 1.807) is 32.4 Å². The Morgan fingerprint density at radius 1 is 1.14 bits per heavy atom. The quantitative estimate of drug-likeness (QED) is 0.703. The Bertz CT molecular complexity index is 669.